The first-order chi connectivity index (χ1) is 27.2. The van der Waals surface area contributed by atoms with Crippen molar-refractivity contribution in [2.75, 3.05) is 4.90 Å². The van der Waals surface area contributed by atoms with Gasteiger partial charge >= 0.3 is 0 Å². The molecular formula is C52H33NO2. The molecule has 2 aromatic heterocycles. The summed E-state index contributed by atoms with van der Waals surface area (Å²) in [6, 6.07) is 70.9. The SMILES string of the molecule is c1ccc(-c2ccc(N(c3ccc(-c4ccccc4)cc3)c3ccc(-c4ccc5c(c4)oc4ccc6ccc7oc8ccccc8c7c6c45)cc3)cc2)cc1. The van der Waals surface area contributed by atoms with Gasteiger partial charge in [-0.25, -0.2) is 0 Å². The molecule has 11 rings (SSSR count). The molecule has 11 aromatic rings. The van der Waals surface area contributed by atoms with Crippen LogP contribution in [0.3, 0.4) is 0 Å². The molecule has 0 saturated carbocycles. The van der Waals surface area contributed by atoms with Gasteiger partial charge in [0.1, 0.15) is 22.3 Å². The highest BCUT2D eigenvalue weighted by molar-refractivity contribution is 6.31. The molecule has 0 aliphatic heterocycles. The summed E-state index contributed by atoms with van der Waals surface area (Å²) in [7, 11) is 0. The van der Waals surface area contributed by atoms with Crippen molar-refractivity contribution in [3.05, 3.63) is 200 Å². The van der Waals surface area contributed by atoms with Gasteiger partial charge in [-0.2, -0.15) is 0 Å². The number of benzene rings is 9. The second kappa shape index (κ2) is 12.6. The molecule has 0 amide bonds. The van der Waals surface area contributed by atoms with E-state index in [2.05, 4.69) is 193 Å². The van der Waals surface area contributed by atoms with Gasteiger partial charge in [-0.1, -0.05) is 133 Å². The number of hydrogen-bond acceptors (Lipinski definition) is 3. The van der Waals surface area contributed by atoms with Gasteiger partial charge in [0.15, 0.2) is 0 Å². The van der Waals surface area contributed by atoms with Crippen molar-refractivity contribution in [2.24, 2.45) is 0 Å². The average Bonchev–Trinajstić information content (AvgIpc) is 3.83. The molecule has 55 heavy (non-hydrogen) atoms. The van der Waals surface area contributed by atoms with Crippen LogP contribution in [0.5, 0.6) is 0 Å². The zero-order chi connectivity index (χ0) is 36.3. The fraction of sp³-hybridized carbons (Fsp3) is 0. The first kappa shape index (κ1) is 31.2. The molecule has 0 spiro atoms. The highest BCUT2D eigenvalue weighted by atomic mass is 16.3. The maximum Gasteiger partial charge on any atom is 0.136 e. The Morgan fingerprint density at radius 1 is 0.273 bits per heavy atom. The van der Waals surface area contributed by atoms with Gasteiger partial charge in [-0.15, -0.1) is 0 Å². The standard InChI is InChI=1S/C52H33NO2/c1-3-9-34(10-4-1)36-15-24-41(25-16-36)53(42-26-17-37(18-27-42)35-11-5-2-6-12-35)43-28-19-38(20-29-43)40-21-30-45-49(33-40)55-48-32-23-39-22-31-47-51(50(39)52(45)48)44-13-7-8-14-46(44)54-47/h1-33H. The van der Waals surface area contributed by atoms with Crippen LogP contribution in [0.4, 0.5) is 17.1 Å². The second-order valence-corrected chi connectivity index (χ2v) is 14.1. The van der Waals surface area contributed by atoms with E-state index in [1.54, 1.807) is 0 Å². The summed E-state index contributed by atoms with van der Waals surface area (Å²) in [5.41, 5.74) is 13.8. The van der Waals surface area contributed by atoms with Gasteiger partial charge in [0.05, 0.1) is 0 Å². The molecule has 0 unspecified atom stereocenters. The third-order valence-electron chi connectivity index (χ3n) is 10.9. The van der Waals surface area contributed by atoms with Crippen molar-refractivity contribution in [1.29, 1.82) is 0 Å². The van der Waals surface area contributed by atoms with Gasteiger partial charge in [0, 0.05) is 44.0 Å². The third-order valence-corrected chi connectivity index (χ3v) is 10.9. The van der Waals surface area contributed by atoms with Crippen LogP contribution in [0.25, 0.3) is 88.0 Å². The van der Waals surface area contributed by atoms with Crippen LogP contribution in [-0.2, 0) is 0 Å². The van der Waals surface area contributed by atoms with Gasteiger partial charge in [-0.05, 0) is 105 Å². The van der Waals surface area contributed by atoms with Crippen molar-refractivity contribution in [2.45, 2.75) is 0 Å². The van der Waals surface area contributed by atoms with Crippen LogP contribution in [0.1, 0.15) is 0 Å². The van der Waals surface area contributed by atoms with Gasteiger partial charge < -0.3 is 13.7 Å². The maximum absolute atomic E-state index is 6.58. The lowest BCUT2D eigenvalue weighted by atomic mass is 9.97. The fourth-order valence-electron chi connectivity index (χ4n) is 8.19. The summed E-state index contributed by atoms with van der Waals surface area (Å²) in [4.78, 5) is 2.32. The summed E-state index contributed by atoms with van der Waals surface area (Å²) in [6.45, 7) is 0. The van der Waals surface area contributed by atoms with Crippen LogP contribution in [-0.4, -0.2) is 0 Å². The normalized spacial score (nSPS) is 11.6. The van der Waals surface area contributed by atoms with E-state index in [1.165, 1.54) is 33.0 Å². The Balaban J connectivity index is 0.985. The average molecular weight is 704 g/mol. The molecule has 0 fully saturated rings. The van der Waals surface area contributed by atoms with Crippen molar-refractivity contribution in [1.82, 2.24) is 0 Å². The van der Waals surface area contributed by atoms with Crippen LogP contribution >= 0.6 is 0 Å². The number of fused-ring (bicyclic) bond motifs is 9. The van der Waals surface area contributed by atoms with E-state index in [1.807, 2.05) is 12.1 Å². The zero-order valence-corrected chi connectivity index (χ0v) is 29.8. The molecule has 0 atom stereocenters. The minimum absolute atomic E-state index is 0.868. The number of hydrogen-bond donors (Lipinski definition) is 0. The van der Waals surface area contributed by atoms with Crippen LogP contribution in [0, 0.1) is 0 Å². The van der Waals surface area contributed by atoms with Crippen molar-refractivity contribution in [3.63, 3.8) is 0 Å². The lowest BCUT2D eigenvalue weighted by Crippen LogP contribution is -2.09. The summed E-state index contributed by atoms with van der Waals surface area (Å²) in [5, 5.41) is 6.82. The Bertz CT molecular complexity index is 3080. The Morgan fingerprint density at radius 3 is 1.24 bits per heavy atom. The molecule has 258 valence electrons. The summed E-state index contributed by atoms with van der Waals surface area (Å²) in [5.74, 6) is 0. The summed E-state index contributed by atoms with van der Waals surface area (Å²) in [6.07, 6.45) is 0. The van der Waals surface area contributed by atoms with Gasteiger partial charge in [0.2, 0.25) is 0 Å². The highest BCUT2D eigenvalue weighted by Gasteiger charge is 2.18. The van der Waals surface area contributed by atoms with E-state index in [9.17, 15) is 0 Å². The molecule has 0 aliphatic carbocycles. The molecule has 3 nitrogen and oxygen atoms in total. The van der Waals surface area contributed by atoms with Crippen molar-refractivity contribution < 1.29 is 8.83 Å². The van der Waals surface area contributed by atoms with Crippen LogP contribution in [0.2, 0.25) is 0 Å². The van der Waals surface area contributed by atoms with Crippen LogP contribution < -0.4 is 4.90 Å². The number of nitrogens with zero attached hydrogens (tertiary/aromatic N) is 1. The third kappa shape index (κ3) is 5.28. The topological polar surface area (TPSA) is 29.5 Å². The molecule has 3 heteroatoms. The monoisotopic (exact) mass is 703 g/mol. The lowest BCUT2D eigenvalue weighted by molar-refractivity contribution is 0.669. The van der Waals surface area contributed by atoms with E-state index in [-0.39, 0.29) is 0 Å². The van der Waals surface area contributed by atoms with E-state index in [0.29, 0.717) is 0 Å². The maximum atomic E-state index is 6.58. The number of para-hydroxylation sites is 1. The Morgan fingerprint density at radius 2 is 0.691 bits per heavy atom. The molecule has 0 N–H and O–H groups in total. The number of anilines is 3. The lowest BCUT2D eigenvalue weighted by Gasteiger charge is -2.26. The Labute approximate surface area is 317 Å². The predicted molar refractivity (Wildman–Crippen MR) is 229 cm³/mol. The van der Waals surface area contributed by atoms with Gasteiger partial charge in [-0.3, -0.25) is 0 Å². The minimum Gasteiger partial charge on any atom is -0.456 e. The Kier molecular flexibility index (Phi) is 7.17. The van der Waals surface area contributed by atoms with E-state index < -0.39 is 0 Å². The molecule has 0 saturated heterocycles. The fourth-order valence-corrected chi connectivity index (χ4v) is 8.19. The number of rotatable bonds is 6. The molecule has 0 bridgehead atoms. The summed E-state index contributed by atoms with van der Waals surface area (Å²) < 4.78 is 12.9. The zero-order valence-electron chi connectivity index (χ0n) is 29.8. The first-order valence-electron chi connectivity index (χ1n) is 18.7. The van der Waals surface area contributed by atoms with E-state index >= 15 is 0 Å². The number of furan rings is 2. The van der Waals surface area contributed by atoms with E-state index in [4.69, 9.17) is 8.83 Å². The summed E-state index contributed by atoms with van der Waals surface area (Å²) >= 11 is 0. The second-order valence-electron chi connectivity index (χ2n) is 14.1. The van der Waals surface area contributed by atoms with Crippen LogP contribution in [0.15, 0.2) is 209 Å². The van der Waals surface area contributed by atoms with E-state index in [0.717, 1.165) is 72.1 Å². The molecule has 0 aliphatic rings. The molecule has 9 aromatic carbocycles. The molecular weight excluding hydrogens is 671 g/mol. The van der Waals surface area contributed by atoms with Crippen molar-refractivity contribution >= 4 is 71.7 Å². The largest absolute Gasteiger partial charge is 0.456 e. The first-order valence-corrected chi connectivity index (χ1v) is 18.7. The molecule has 2 heterocycles. The van der Waals surface area contributed by atoms with Crippen molar-refractivity contribution in [3.8, 4) is 33.4 Å². The quantitative estimate of drug-likeness (QED) is 0.173. The minimum atomic E-state index is 0.868. The van der Waals surface area contributed by atoms with Gasteiger partial charge in [0.25, 0.3) is 0 Å². The molecule has 0 radical (unpaired) electrons. The smallest absolute Gasteiger partial charge is 0.136 e. The Hall–Kier alpha value is -7.36. The predicted octanol–water partition coefficient (Wildman–Crippen LogP) is 15.1. The highest BCUT2D eigenvalue weighted by Crippen LogP contribution is 2.43.